The molecule has 0 radical (unpaired) electrons. The summed E-state index contributed by atoms with van der Waals surface area (Å²) in [5, 5.41) is 3.18. The quantitative estimate of drug-likeness (QED) is 0.571. The van der Waals surface area contributed by atoms with Crippen LogP contribution in [0.1, 0.15) is 33.3 Å². The first kappa shape index (κ1) is 21.3. The van der Waals surface area contributed by atoms with Gasteiger partial charge < -0.3 is 24.3 Å². The van der Waals surface area contributed by atoms with E-state index in [0.29, 0.717) is 39.8 Å². The van der Waals surface area contributed by atoms with Gasteiger partial charge in [-0.15, -0.1) is 0 Å². The number of nitrogens with zero attached hydrogens (tertiary/aromatic N) is 1. The van der Waals surface area contributed by atoms with Crippen LogP contribution in [-0.4, -0.2) is 45.8 Å². The Balaban J connectivity index is 2.51. The zero-order valence-electron chi connectivity index (χ0n) is 17.5. The molecule has 7 nitrogen and oxygen atoms in total. The van der Waals surface area contributed by atoms with Gasteiger partial charge in [0.05, 0.1) is 27.0 Å². The summed E-state index contributed by atoms with van der Waals surface area (Å²) in [6.45, 7) is 7.85. The Bertz CT molecular complexity index is 810. The molecule has 0 aromatic heterocycles. The van der Waals surface area contributed by atoms with Crippen LogP contribution < -0.4 is 19.5 Å². The molecule has 28 heavy (non-hydrogen) atoms. The van der Waals surface area contributed by atoms with Crippen molar-refractivity contribution >= 4 is 11.7 Å². The van der Waals surface area contributed by atoms with E-state index in [2.05, 4.69) is 10.3 Å². The minimum Gasteiger partial charge on any atom is -0.493 e. The Hall–Kier alpha value is -2.96. The standard InChI is InChI=1S/C21H28N2O5/c1-12(2)8-9-28-21(24)18-13(3)22-14(4)23-19(18)15-10-16(25-5)20(27-7)17(11-15)26-6/h8,10-11,14,22H,9H2,1-7H3. The van der Waals surface area contributed by atoms with Crippen molar-refractivity contribution in [2.24, 2.45) is 4.99 Å². The molecule has 0 aliphatic carbocycles. The molecule has 152 valence electrons. The van der Waals surface area contributed by atoms with Gasteiger partial charge in [0.25, 0.3) is 0 Å². The molecular weight excluding hydrogens is 360 g/mol. The second-order valence-corrected chi connectivity index (χ2v) is 6.59. The highest BCUT2D eigenvalue weighted by atomic mass is 16.5. The van der Waals surface area contributed by atoms with Gasteiger partial charge in [-0.1, -0.05) is 5.57 Å². The lowest BCUT2D eigenvalue weighted by atomic mass is 9.98. The highest BCUT2D eigenvalue weighted by Gasteiger charge is 2.28. The lowest BCUT2D eigenvalue weighted by Crippen LogP contribution is -2.34. The molecule has 2 rings (SSSR count). The molecule has 1 heterocycles. The van der Waals surface area contributed by atoms with Crippen LogP contribution in [0.15, 0.2) is 40.0 Å². The Morgan fingerprint density at radius 1 is 1.14 bits per heavy atom. The van der Waals surface area contributed by atoms with E-state index in [1.54, 1.807) is 33.5 Å². The first-order valence-corrected chi connectivity index (χ1v) is 8.98. The van der Waals surface area contributed by atoms with E-state index in [1.807, 2.05) is 33.8 Å². The van der Waals surface area contributed by atoms with Crippen molar-refractivity contribution in [1.29, 1.82) is 0 Å². The van der Waals surface area contributed by atoms with E-state index in [4.69, 9.17) is 18.9 Å². The Morgan fingerprint density at radius 3 is 2.25 bits per heavy atom. The minimum absolute atomic E-state index is 0.191. The van der Waals surface area contributed by atoms with Gasteiger partial charge in [0.15, 0.2) is 11.5 Å². The maximum absolute atomic E-state index is 12.8. The number of aliphatic imine (C=N–C) groups is 1. The molecule has 1 unspecified atom stereocenters. The highest BCUT2D eigenvalue weighted by Crippen LogP contribution is 2.39. The zero-order valence-corrected chi connectivity index (χ0v) is 17.5. The first-order valence-electron chi connectivity index (χ1n) is 8.98. The van der Waals surface area contributed by atoms with E-state index in [0.717, 1.165) is 5.57 Å². The maximum Gasteiger partial charge on any atom is 0.342 e. The van der Waals surface area contributed by atoms with E-state index >= 15 is 0 Å². The average molecular weight is 388 g/mol. The average Bonchev–Trinajstić information content (AvgIpc) is 2.65. The fraction of sp³-hybridized carbons (Fsp3) is 0.429. The van der Waals surface area contributed by atoms with Crippen LogP contribution in [0, 0.1) is 0 Å². The lowest BCUT2D eigenvalue weighted by Gasteiger charge is -2.24. The van der Waals surface area contributed by atoms with Gasteiger partial charge in [-0.2, -0.15) is 0 Å². The van der Waals surface area contributed by atoms with Gasteiger partial charge in [0, 0.05) is 11.3 Å². The van der Waals surface area contributed by atoms with Crippen LogP contribution in [0.5, 0.6) is 17.2 Å². The first-order chi connectivity index (χ1) is 13.3. The molecule has 0 amide bonds. The highest BCUT2D eigenvalue weighted by molar-refractivity contribution is 6.27. The van der Waals surface area contributed by atoms with Crippen LogP contribution >= 0.6 is 0 Å². The predicted molar refractivity (Wildman–Crippen MR) is 108 cm³/mol. The van der Waals surface area contributed by atoms with Crippen LogP contribution in [0.25, 0.3) is 0 Å². The van der Waals surface area contributed by atoms with E-state index < -0.39 is 5.97 Å². The Labute approximate surface area is 166 Å². The van der Waals surface area contributed by atoms with Gasteiger partial charge in [-0.25, -0.2) is 4.79 Å². The van der Waals surface area contributed by atoms with Crippen molar-refractivity contribution in [2.45, 2.75) is 33.9 Å². The molecule has 1 atom stereocenters. The summed E-state index contributed by atoms with van der Waals surface area (Å²) in [6.07, 6.45) is 1.66. The predicted octanol–water partition coefficient (Wildman–Crippen LogP) is 3.23. The van der Waals surface area contributed by atoms with Crippen LogP contribution in [0.4, 0.5) is 0 Å². The van der Waals surface area contributed by atoms with Crippen molar-refractivity contribution < 1.29 is 23.7 Å². The Kier molecular flexibility index (Phi) is 7.09. The number of carbonyl (C=O) groups is 1. The van der Waals surface area contributed by atoms with E-state index in [1.165, 1.54) is 0 Å². The summed E-state index contributed by atoms with van der Waals surface area (Å²) < 4.78 is 21.7. The monoisotopic (exact) mass is 388 g/mol. The second kappa shape index (κ2) is 9.30. The summed E-state index contributed by atoms with van der Waals surface area (Å²) in [4.78, 5) is 17.4. The second-order valence-electron chi connectivity index (χ2n) is 6.59. The molecule has 1 aliphatic heterocycles. The van der Waals surface area contributed by atoms with Crippen molar-refractivity contribution in [3.63, 3.8) is 0 Å². The number of esters is 1. The molecule has 0 saturated carbocycles. The summed E-state index contributed by atoms with van der Waals surface area (Å²) in [5.41, 5.74) is 3.36. The third-order valence-electron chi connectivity index (χ3n) is 4.21. The van der Waals surface area contributed by atoms with Gasteiger partial charge in [0.2, 0.25) is 5.75 Å². The molecular formula is C21H28N2O5. The molecule has 7 heteroatoms. The SMILES string of the molecule is COc1cc(C2=NC(C)NC(C)=C2C(=O)OCC=C(C)C)cc(OC)c1OC. The fourth-order valence-corrected chi connectivity index (χ4v) is 2.90. The number of allylic oxidation sites excluding steroid dienone is 2. The van der Waals surface area contributed by atoms with Crippen LogP contribution in [0.2, 0.25) is 0 Å². The summed E-state index contributed by atoms with van der Waals surface area (Å²) in [5.74, 6) is 1.01. The number of rotatable bonds is 7. The van der Waals surface area contributed by atoms with Gasteiger partial charge >= 0.3 is 5.97 Å². The van der Waals surface area contributed by atoms with E-state index in [-0.39, 0.29) is 12.8 Å². The topological polar surface area (TPSA) is 78.4 Å². The smallest absolute Gasteiger partial charge is 0.342 e. The van der Waals surface area contributed by atoms with Crippen LogP contribution in [0.3, 0.4) is 0 Å². The van der Waals surface area contributed by atoms with Crippen molar-refractivity contribution in [3.8, 4) is 17.2 Å². The van der Waals surface area contributed by atoms with Crippen molar-refractivity contribution in [1.82, 2.24) is 5.32 Å². The Morgan fingerprint density at radius 2 is 1.75 bits per heavy atom. The molecule has 1 N–H and O–H groups in total. The molecule has 1 aromatic carbocycles. The number of hydrogen-bond donors (Lipinski definition) is 1. The number of methoxy groups -OCH3 is 3. The third kappa shape index (κ3) is 4.65. The molecule has 1 aliphatic rings. The number of ether oxygens (including phenoxy) is 4. The van der Waals surface area contributed by atoms with Crippen molar-refractivity contribution in [3.05, 3.63) is 40.6 Å². The summed E-state index contributed by atoms with van der Waals surface area (Å²) in [6, 6.07) is 3.55. The molecule has 0 bridgehead atoms. The number of carbonyl (C=O) groups excluding carboxylic acids is 1. The summed E-state index contributed by atoms with van der Waals surface area (Å²) >= 11 is 0. The zero-order chi connectivity index (χ0) is 20.8. The van der Waals surface area contributed by atoms with Gasteiger partial charge in [0.1, 0.15) is 18.3 Å². The molecule has 0 saturated heterocycles. The summed E-state index contributed by atoms with van der Waals surface area (Å²) in [7, 11) is 4.63. The third-order valence-corrected chi connectivity index (χ3v) is 4.21. The van der Waals surface area contributed by atoms with Gasteiger partial charge in [-0.05, 0) is 45.9 Å². The minimum atomic E-state index is -0.443. The van der Waals surface area contributed by atoms with Crippen molar-refractivity contribution in [2.75, 3.05) is 27.9 Å². The largest absolute Gasteiger partial charge is 0.493 e. The van der Waals surface area contributed by atoms with Crippen LogP contribution in [-0.2, 0) is 9.53 Å². The number of benzene rings is 1. The molecule has 0 fully saturated rings. The molecule has 1 aromatic rings. The number of nitrogens with one attached hydrogen (secondary N) is 1. The fourth-order valence-electron chi connectivity index (χ4n) is 2.90. The molecule has 0 spiro atoms. The lowest BCUT2D eigenvalue weighted by molar-refractivity contribution is -0.137. The van der Waals surface area contributed by atoms with Gasteiger partial charge in [-0.3, -0.25) is 4.99 Å². The van der Waals surface area contributed by atoms with E-state index in [9.17, 15) is 4.79 Å². The number of hydrogen-bond acceptors (Lipinski definition) is 7. The maximum atomic E-state index is 12.8. The normalized spacial score (nSPS) is 16.0.